The van der Waals surface area contributed by atoms with E-state index in [0.29, 0.717) is 5.56 Å². The third-order valence-electron chi connectivity index (χ3n) is 7.02. The van der Waals surface area contributed by atoms with Crippen LogP contribution in [0.15, 0.2) is 17.7 Å². The number of aromatic hydroxyl groups is 1. The maximum Gasteiger partial charge on any atom is 0.253 e. The van der Waals surface area contributed by atoms with Crippen molar-refractivity contribution in [3.8, 4) is 5.75 Å². The second-order valence-corrected chi connectivity index (χ2v) is 9.57. The second-order valence-electron chi connectivity index (χ2n) is 9.57. The van der Waals surface area contributed by atoms with E-state index in [4.69, 9.17) is 5.73 Å². The Balaban J connectivity index is 2.26. The number of aliphatic hydroxyl groups excluding tert-OH is 2. The van der Waals surface area contributed by atoms with Crippen molar-refractivity contribution in [2.45, 2.75) is 30.9 Å². The van der Waals surface area contributed by atoms with Gasteiger partial charge in [0.1, 0.15) is 11.5 Å². The van der Waals surface area contributed by atoms with Crippen LogP contribution in [-0.4, -0.2) is 100 Å². The Labute approximate surface area is 202 Å². The lowest BCUT2D eigenvalue weighted by Crippen LogP contribution is -2.64. The fourth-order valence-corrected chi connectivity index (χ4v) is 5.29. The summed E-state index contributed by atoms with van der Waals surface area (Å²) in [4.78, 5) is 53.9. The average molecular weight is 490 g/mol. The number of likely N-dealkylation sites (N-methyl/N-ethyl adjacent to an activating group) is 1. The zero-order valence-corrected chi connectivity index (χ0v) is 20.1. The molecule has 6 N–H and O–H groups in total. The molecule has 3 rings (SSSR count). The van der Waals surface area contributed by atoms with Crippen LogP contribution in [0.3, 0.4) is 0 Å². The molecule has 4 atom stereocenters. The minimum atomic E-state index is -2.74. The Hall–Kier alpha value is -3.28. The Morgan fingerprint density at radius 1 is 1.17 bits per heavy atom. The number of rotatable bonds is 7. The third kappa shape index (κ3) is 4.19. The van der Waals surface area contributed by atoms with Crippen LogP contribution in [0.5, 0.6) is 5.75 Å². The number of primary amides is 1. The molecule has 0 heterocycles. The second kappa shape index (κ2) is 9.40. The molecule has 0 spiro atoms. The molecule has 190 valence electrons. The standard InChI is InChI=1S/C24H31N3O8/c1-26(2)15(10-28)14-8-11-7-13-12(23(34)27(3)4)5-6-16(29)20(13)21(32)19(11)22(33)24(14,35)17(30)9-18(25)31/h5-6,11,14-15,28-29,32,35H,7-10H2,1-4H3,(H2,25,31)/t11-,14-,15?,24?/m0/s1. The summed E-state index contributed by atoms with van der Waals surface area (Å²) in [6, 6.07) is 1.80. The van der Waals surface area contributed by atoms with Gasteiger partial charge in [0, 0.05) is 37.2 Å². The van der Waals surface area contributed by atoms with Crippen molar-refractivity contribution in [3.63, 3.8) is 0 Å². The monoisotopic (exact) mass is 489 g/mol. The van der Waals surface area contributed by atoms with Crippen molar-refractivity contribution in [1.82, 2.24) is 9.80 Å². The van der Waals surface area contributed by atoms with Crippen LogP contribution < -0.4 is 5.73 Å². The Bertz CT molecular complexity index is 1130. The summed E-state index contributed by atoms with van der Waals surface area (Å²) in [5.74, 6) is -6.54. The Kier molecular flexibility index (Phi) is 7.07. The molecule has 2 unspecified atom stereocenters. The highest BCUT2D eigenvalue weighted by Gasteiger charge is 2.60. The van der Waals surface area contributed by atoms with Gasteiger partial charge in [-0.1, -0.05) is 0 Å². The highest BCUT2D eigenvalue weighted by atomic mass is 16.3. The van der Waals surface area contributed by atoms with Gasteiger partial charge in [-0.15, -0.1) is 0 Å². The lowest BCUT2D eigenvalue weighted by Gasteiger charge is -2.47. The highest BCUT2D eigenvalue weighted by molar-refractivity contribution is 6.23. The smallest absolute Gasteiger partial charge is 0.253 e. The Morgan fingerprint density at radius 2 is 1.80 bits per heavy atom. The van der Waals surface area contributed by atoms with E-state index in [1.807, 2.05) is 0 Å². The molecule has 0 radical (unpaired) electrons. The fraction of sp³-hybridized carbons (Fsp3) is 0.500. The first kappa shape index (κ1) is 26.3. The zero-order chi connectivity index (χ0) is 26.4. The van der Waals surface area contributed by atoms with E-state index < -0.39 is 59.7 Å². The molecule has 0 bridgehead atoms. The summed E-state index contributed by atoms with van der Waals surface area (Å²) >= 11 is 0. The number of Topliss-reactive ketones (excluding diaryl/α,β-unsaturated/α-hetero) is 2. The number of fused-ring (bicyclic) bond motifs is 2. The number of aliphatic hydroxyl groups is 3. The lowest BCUT2D eigenvalue weighted by atomic mass is 9.59. The number of nitrogens with zero attached hydrogens (tertiary/aromatic N) is 2. The number of phenols is 1. The topological polar surface area (TPSA) is 182 Å². The van der Waals surface area contributed by atoms with E-state index in [1.165, 1.54) is 17.0 Å². The van der Waals surface area contributed by atoms with Gasteiger partial charge in [-0.25, -0.2) is 0 Å². The van der Waals surface area contributed by atoms with Gasteiger partial charge in [-0.05, 0) is 50.6 Å². The molecule has 1 aromatic carbocycles. The molecular weight excluding hydrogens is 458 g/mol. The summed E-state index contributed by atoms with van der Waals surface area (Å²) in [6.45, 7) is -0.503. The number of amides is 2. The van der Waals surface area contributed by atoms with E-state index in [2.05, 4.69) is 0 Å². The van der Waals surface area contributed by atoms with Crippen LogP contribution in [0.2, 0.25) is 0 Å². The van der Waals surface area contributed by atoms with Gasteiger partial charge in [-0.2, -0.15) is 0 Å². The molecule has 0 saturated heterocycles. The normalized spacial score (nSPS) is 24.6. The molecule has 1 fully saturated rings. The summed E-state index contributed by atoms with van der Waals surface area (Å²) in [7, 11) is 6.32. The van der Waals surface area contributed by atoms with Crippen molar-refractivity contribution in [3.05, 3.63) is 34.4 Å². The molecule has 2 amide bonds. The number of hydrogen-bond donors (Lipinski definition) is 5. The first-order valence-electron chi connectivity index (χ1n) is 11.1. The molecule has 35 heavy (non-hydrogen) atoms. The maximum atomic E-state index is 13.7. The van der Waals surface area contributed by atoms with Crippen molar-refractivity contribution < 1.29 is 39.6 Å². The molecule has 2 aliphatic rings. The van der Waals surface area contributed by atoms with Crippen molar-refractivity contribution >= 4 is 29.1 Å². The van der Waals surface area contributed by atoms with E-state index >= 15 is 0 Å². The number of ketones is 2. The Morgan fingerprint density at radius 3 is 2.31 bits per heavy atom. The van der Waals surface area contributed by atoms with Gasteiger partial charge < -0.3 is 36.0 Å². The molecule has 11 heteroatoms. The molecular formula is C24H31N3O8. The first-order chi connectivity index (χ1) is 16.3. The van der Waals surface area contributed by atoms with Gasteiger partial charge in [0.15, 0.2) is 11.4 Å². The largest absolute Gasteiger partial charge is 0.507 e. The maximum absolute atomic E-state index is 13.7. The van der Waals surface area contributed by atoms with Crippen LogP contribution in [0, 0.1) is 11.8 Å². The van der Waals surface area contributed by atoms with Gasteiger partial charge >= 0.3 is 0 Å². The molecule has 11 nitrogen and oxygen atoms in total. The minimum Gasteiger partial charge on any atom is -0.507 e. The van der Waals surface area contributed by atoms with E-state index in [-0.39, 0.29) is 41.2 Å². The SMILES string of the molecule is CN(C)C(=O)c1ccc(O)c2c1C[C@H]1C[C@@H](C(CO)N(C)C)C(O)(C(=O)CC(N)=O)C(=O)C1=C2O. The summed E-state index contributed by atoms with van der Waals surface area (Å²) in [6.07, 6.45) is -0.876. The van der Waals surface area contributed by atoms with Gasteiger partial charge in [0.25, 0.3) is 5.91 Å². The van der Waals surface area contributed by atoms with Crippen LogP contribution in [0.4, 0.5) is 0 Å². The summed E-state index contributed by atoms with van der Waals surface area (Å²) < 4.78 is 0. The molecule has 0 aromatic heterocycles. The number of carbonyl (C=O) groups excluding carboxylic acids is 4. The number of nitrogens with two attached hydrogens (primary N) is 1. The first-order valence-corrected chi connectivity index (χ1v) is 11.1. The van der Waals surface area contributed by atoms with Crippen molar-refractivity contribution in [1.29, 1.82) is 0 Å². The van der Waals surface area contributed by atoms with Crippen LogP contribution in [-0.2, 0) is 20.8 Å². The van der Waals surface area contributed by atoms with Crippen molar-refractivity contribution in [2.75, 3.05) is 34.8 Å². The predicted octanol–water partition coefficient (Wildman–Crippen LogP) is -0.777. The van der Waals surface area contributed by atoms with Crippen molar-refractivity contribution in [2.24, 2.45) is 17.6 Å². The predicted molar refractivity (Wildman–Crippen MR) is 124 cm³/mol. The molecule has 0 aliphatic heterocycles. The number of carbonyl (C=O) groups is 4. The quantitative estimate of drug-likeness (QED) is 0.307. The summed E-state index contributed by atoms with van der Waals surface area (Å²) in [5, 5.41) is 43.2. The third-order valence-corrected chi connectivity index (χ3v) is 7.02. The summed E-state index contributed by atoms with van der Waals surface area (Å²) in [5.41, 5.74) is 2.60. The zero-order valence-electron chi connectivity index (χ0n) is 20.1. The molecule has 2 aliphatic carbocycles. The van der Waals surface area contributed by atoms with Crippen LogP contribution >= 0.6 is 0 Å². The molecule has 1 saturated carbocycles. The number of hydrogen-bond acceptors (Lipinski definition) is 9. The number of phenolic OH excluding ortho intramolecular Hbond substituents is 1. The lowest BCUT2D eigenvalue weighted by molar-refractivity contribution is -0.163. The van der Waals surface area contributed by atoms with Crippen LogP contribution in [0.25, 0.3) is 5.76 Å². The number of benzene rings is 1. The van der Waals surface area contributed by atoms with E-state index in [9.17, 15) is 39.6 Å². The van der Waals surface area contributed by atoms with E-state index in [0.717, 1.165) is 0 Å². The average Bonchev–Trinajstić information content (AvgIpc) is 2.76. The highest BCUT2D eigenvalue weighted by Crippen LogP contribution is 2.49. The van der Waals surface area contributed by atoms with Crippen LogP contribution in [0.1, 0.15) is 34.3 Å². The molecule has 1 aromatic rings. The minimum absolute atomic E-state index is 0.0275. The van der Waals surface area contributed by atoms with Gasteiger partial charge in [0.2, 0.25) is 11.7 Å². The van der Waals surface area contributed by atoms with Gasteiger partial charge in [-0.3, -0.25) is 19.2 Å². The fourth-order valence-electron chi connectivity index (χ4n) is 5.29. The van der Waals surface area contributed by atoms with E-state index in [1.54, 1.807) is 33.1 Å². The van der Waals surface area contributed by atoms with Gasteiger partial charge in [0.05, 0.1) is 18.6 Å².